The second-order valence-electron chi connectivity index (χ2n) is 4.23. The molecule has 0 spiro atoms. The molecule has 1 amide bonds. The third-order valence-electron chi connectivity index (χ3n) is 2.72. The molecule has 1 heterocycles. The van der Waals surface area contributed by atoms with Gasteiger partial charge < -0.3 is 14.7 Å². The van der Waals surface area contributed by atoms with E-state index in [-0.39, 0.29) is 16.7 Å². The molecule has 1 aliphatic rings. The lowest BCUT2D eigenvalue weighted by Crippen LogP contribution is -2.56. The van der Waals surface area contributed by atoms with Crippen LogP contribution < -0.4 is 4.74 Å². The van der Waals surface area contributed by atoms with Gasteiger partial charge >= 0.3 is 0 Å². The molecule has 1 aromatic rings. The fourth-order valence-electron chi connectivity index (χ4n) is 1.70. The Hall–Kier alpha value is -1.33. The summed E-state index contributed by atoms with van der Waals surface area (Å²) >= 11 is 5.80. The first kappa shape index (κ1) is 13.1. The van der Waals surface area contributed by atoms with Gasteiger partial charge in [-0.1, -0.05) is 11.6 Å². The number of aliphatic hydroxyl groups is 1. The van der Waals surface area contributed by atoms with Gasteiger partial charge in [0.15, 0.2) is 6.10 Å². The van der Waals surface area contributed by atoms with E-state index >= 15 is 0 Å². The van der Waals surface area contributed by atoms with Gasteiger partial charge in [0.2, 0.25) is 0 Å². The highest BCUT2D eigenvalue weighted by Crippen LogP contribution is 2.26. The van der Waals surface area contributed by atoms with Crippen LogP contribution in [0.4, 0.5) is 4.39 Å². The normalized spacial score (nSPS) is 17.2. The Morgan fingerprint density at radius 1 is 1.61 bits per heavy atom. The molecule has 1 N–H and O–H groups in total. The van der Waals surface area contributed by atoms with Crippen LogP contribution in [0.2, 0.25) is 5.02 Å². The molecule has 0 saturated carbocycles. The number of benzene rings is 1. The Labute approximate surface area is 109 Å². The molecule has 1 atom stereocenters. The Kier molecular flexibility index (Phi) is 3.73. The van der Waals surface area contributed by atoms with Crippen molar-refractivity contribution in [1.29, 1.82) is 0 Å². The molecule has 1 aliphatic heterocycles. The second kappa shape index (κ2) is 5.12. The van der Waals surface area contributed by atoms with Crippen molar-refractivity contribution >= 4 is 17.5 Å². The molecule has 1 aromatic carbocycles. The van der Waals surface area contributed by atoms with Gasteiger partial charge in [-0.15, -0.1) is 0 Å². The minimum atomic E-state index is -0.722. The zero-order chi connectivity index (χ0) is 13.3. The van der Waals surface area contributed by atoms with E-state index in [9.17, 15) is 9.18 Å². The van der Waals surface area contributed by atoms with Gasteiger partial charge in [-0.3, -0.25) is 4.79 Å². The maximum Gasteiger partial charge on any atom is 0.263 e. The number of halogens is 2. The zero-order valence-electron chi connectivity index (χ0n) is 9.77. The average Bonchev–Trinajstić information content (AvgIpc) is 2.27. The van der Waals surface area contributed by atoms with Gasteiger partial charge in [0.25, 0.3) is 5.91 Å². The summed E-state index contributed by atoms with van der Waals surface area (Å²) in [6, 6.07) is 3.72. The van der Waals surface area contributed by atoms with Crippen LogP contribution in [0.3, 0.4) is 0 Å². The lowest BCUT2D eigenvalue weighted by molar-refractivity contribution is -0.148. The van der Waals surface area contributed by atoms with Crippen LogP contribution in [0.15, 0.2) is 18.2 Å². The molecular formula is C12H13ClFNO3. The van der Waals surface area contributed by atoms with Gasteiger partial charge in [0.05, 0.1) is 11.1 Å². The van der Waals surface area contributed by atoms with Crippen LogP contribution in [0.1, 0.15) is 6.92 Å². The fourth-order valence-corrected chi connectivity index (χ4v) is 1.92. The predicted molar refractivity (Wildman–Crippen MR) is 64.1 cm³/mol. The summed E-state index contributed by atoms with van der Waals surface area (Å²) < 4.78 is 18.2. The van der Waals surface area contributed by atoms with Crippen molar-refractivity contribution in [1.82, 2.24) is 4.90 Å². The van der Waals surface area contributed by atoms with Crippen molar-refractivity contribution in [3.63, 3.8) is 0 Å². The molecule has 0 radical (unpaired) electrons. The Morgan fingerprint density at radius 3 is 2.83 bits per heavy atom. The Morgan fingerprint density at radius 2 is 2.28 bits per heavy atom. The number of aliphatic hydroxyl groups excluding tert-OH is 1. The van der Waals surface area contributed by atoms with Crippen LogP contribution in [-0.4, -0.2) is 41.2 Å². The van der Waals surface area contributed by atoms with E-state index in [2.05, 4.69) is 0 Å². The lowest BCUT2D eigenvalue weighted by Gasteiger charge is -2.37. The minimum Gasteiger partial charge on any atom is -0.479 e. The molecule has 18 heavy (non-hydrogen) atoms. The SMILES string of the molecule is CC(Oc1ccc(F)cc1Cl)C(=O)N1CC(O)C1. The van der Waals surface area contributed by atoms with Gasteiger partial charge in [-0.25, -0.2) is 4.39 Å². The van der Waals surface area contributed by atoms with E-state index < -0.39 is 18.0 Å². The van der Waals surface area contributed by atoms with E-state index in [1.54, 1.807) is 6.92 Å². The number of β-amino-alcohol motifs (C(OH)–C–C–N with tert-alkyl or cyclic N) is 1. The van der Waals surface area contributed by atoms with E-state index in [4.69, 9.17) is 21.4 Å². The van der Waals surface area contributed by atoms with E-state index in [0.717, 1.165) is 6.07 Å². The summed E-state index contributed by atoms with van der Waals surface area (Å²) in [4.78, 5) is 13.3. The molecule has 0 aliphatic carbocycles. The molecule has 98 valence electrons. The number of hydrogen-bond donors (Lipinski definition) is 1. The third kappa shape index (κ3) is 2.73. The number of ether oxygens (including phenoxy) is 1. The molecule has 1 fully saturated rings. The van der Waals surface area contributed by atoms with Crippen molar-refractivity contribution in [2.24, 2.45) is 0 Å². The van der Waals surface area contributed by atoms with Gasteiger partial charge in [0.1, 0.15) is 11.6 Å². The van der Waals surface area contributed by atoms with Crippen molar-refractivity contribution in [2.45, 2.75) is 19.1 Å². The maximum absolute atomic E-state index is 12.8. The van der Waals surface area contributed by atoms with Crippen LogP contribution in [0, 0.1) is 5.82 Å². The number of hydrogen-bond acceptors (Lipinski definition) is 3. The number of amides is 1. The highest BCUT2D eigenvalue weighted by Gasteiger charge is 2.32. The molecular weight excluding hydrogens is 261 g/mol. The summed E-state index contributed by atoms with van der Waals surface area (Å²) in [6.45, 7) is 2.24. The minimum absolute atomic E-state index is 0.123. The van der Waals surface area contributed by atoms with Crippen molar-refractivity contribution in [2.75, 3.05) is 13.1 Å². The molecule has 0 aromatic heterocycles. The van der Waals surface area contributed by atoms with Crippen molar-refractivity contribution in [3.8, 4) is 5.75 Å². The van der Waals surface area contributed by atoms with Crippen LogP contribution in [-0.2, 0) is 4.79 Å². The smallest absolute Gasteiger partial charge is 0.263 e. The molecule has 0 bridgehead atoms. The van der Waals surface area contributed by atoms with Crippen LogP contribution >= 0.6 is 11.6 Å². The standard InChI is InChI=1S/C12H13ClFNO3/c1-7(12(17)15-5-9(16)6-15)18-11-3-2-8(14)4-10(11)13/h2-4,7,9,16H,5-6H2,1H3. The molecule has 1 saturated heterocycles. The first-order valence-corrected chi connectivity index (χ1v) is 5.93. The summed E-state index contributed by atoms with van der Waals surface area (Å²) in [5.41, 5.74) is 0. The molecule has 4 nitrogen and oxygen atoms in total. The molecule has 2 rings (SSSR count). The fraction of sp³-hybridized carbons (Fsp3) is 0.417. The summed E-state index contributed by atoms with van der Waals surface area (Å²) in [5, 5.41) is 9.24. The zero-order valence-corrected chi connectivity index (χ0v) is 10.5. The van der Waals surface area contributed by atoms with Gasteiger partial charge in [-0.2, -0.15) is 0 Å². The number of carbonyl (C=O) groups excluding carboxylic acids is 1. The average molecular weight is 274 g/mol. The van der Waals surface area contributed by atoms with Crippen molar-refractivity contribution in [3.05, 3.63) is 29.0 Å². The number of nitrogens with zero attached hydrogens (tertiary/aromatic N) is 1. The highest BCUT2D eigenvalue weighted by molar-refractivity contribution is 6.32. The van der Waals surface area contributed by atoms with Crippen molar-refractivity contribution < 1.29 is 19.0 Å². The maximum atomic E-state index is 12.8. The monoisotopic (exact) mass is 273 g/mol. The number of rotatable bonds is 3. The topological polar surface area (TPSA) is 49.8 Å². The first-order chi connectivity index (χ1) is 8.47. The number of likely N-dealkylation sites (tertiary alicyclic amines) is 1. The van der Waals surface area contributed by atoms with E-state index in [1.807, 2.05) is 0 Å². The Balaban J connectivity index is 1.98. The first-order valence-electron chi connectivity index (χ1n) is 5.56. The largest absolute Gasteiger partial charge is 0.479 e. The Bertz CT molecular complexity index is 463. The molecule has 6 heteroatoms. The third-order valence-corrected chi connectivity index (χ3v) is 3.01. The second-order valence-corrected chi connectivity index (χ2v) is 4.64. The quantitative estimate of drug-likeness (QED) is 0.907. The van der Waals surface area contributed by atoms with Crippen LogP contribution in [0.5, 0.6) is 5.75 Å². The van der Waals surface area contributed by atoms with Gasteiger partial charge in [-0.05, 0) is 25.1 Å². The lowest BCUT2D eigenvalue weighted by atomic mass is 10.1. The van der Waals surface area contributed by atoms with E-state index in [0.29, 0.717) is 13.1 Å². The summed E-state index contributed by atoms with van der Waals surface area (Å²) in [5.74, 6) is -0.419. The van der Waals surface area contributed by atoms with E-state index in [1.165, 1.54) is 17.0 Å². The number of carbonyl (C=O) groups is 1. The highest BCUT2D eigenvalue weighted by atomic mass is 35.5. The summed E-state index contributed by atoms with van der Waals surface area (Å²) in [6.07, 6.45) is -1.17. The van der Waals surface area contributed by atoms with Gasteiger partial charge in [0, 0.05) is 13.1 Å². The molecule has 1 unspecified atom stereocenters. The predicted octanol–water partition coefficient (Wildman–Crippen LogP) is 1.45. The van der Waals surface area contributed by atoms with Crippen LogP contribution in [0.25, 0.3) is 0 Å². The summed E-state index contributed by atoms with van der Waals surface area (Å²) in [7, 11) is 0.